The van der Waals surface area contributed by atoms with E-state index in [4.69, 9.17) is 11.6 Å². The van der Waals surface area contributed by atoms with Crippen molar-refractivity contribution < 1.29 is 17.6 Å². The van der Waals surface area contributed by atoms with E-state index < -0.39 is 15.8 Å². The third-order valence-corrected chi connectivity index (χ3v) is 6.82. The monoisotopic (exact) mass is 410 g/mol. The predicted molar refractivity (Wildman–Crippen MR) is 103 cm³/mol. The number of carbonyl (C=O) groups excluding carboxylic acids is 1. The molecule has 27 heavy (non-hydrogen) atoms. The first-order valence-electron chi connectivity index (χ1n) is 8.60. The predicted octanol–water partition coefficient (Wildman–Crippen LogP) is 3.83. The first-order chi connectivity index (χ1) is 12.8. The number of benzene rings is 2. The van der Waals surface area contributed by atoms with Gasteiger partial charge in [-0.1, -0.05) is 29.3 Å². The van der Waals surface area contributed by atoms with Crippen molar-refractivity contribution in [3.05, 3.63) is 58.9 Å². The number of carbonyl (C=O) groups is 1. The Morgan fingerprint density at radius 3 is 2.41 bits per heavy atom. The van der Waals surface area contributed by atoms with Gasteiger partial charge in [0.25, 0.3) is 0 Å². The largest absolute Gasteiger partial charge is 0.323 e. The number of hydrogen-bond acceptors (Lipinski definition) is 3. The van der Waals surface area contributed by atoms with Crippen molar-refractivity contribution in [1.29, 1.82) is 0 Å². The summed E-state index contributed by atoms with van der Waals surface area (Å²) in [4.78, 5) is 12.7. The SMILES string of the molecule is Cc1ccc(S(=O)(=O)N2CCC(C(=O)Nc3cc(Cl)ccc3F)CC2)cc1. The summed E-state index contributed by atoms with van der Waals surface area (Å²) in [5.41, 5.74) is 1.01. The summed E-state index contributed by atoms with van der Waals surface area (Å²) in [6.45, 7) is 2.38. The lowest BCUT2D eigenvalue weighted by molar-refractivity contribution is -0.120. The van der Waals surface area contributed by atoms with Crippen molar-refractivity contribution in [2.75, 3.05) is 18.4 Å². The number of piperidine rings is 1. The maximum atomic E-state index is 13.8. The molecule has 1 fully saturated rings. The van der Waals surface area contributed by atoms with Crippen molar-refractivity contribution >= 4 is 33.2 Å². The lowest BCUT2D eigenvalue weighted by atomic mass is 9.97. The van der Waals surface area contributed by atoms with Gasteiger partial charge in [0.15, 0.2) is 0 Å². The average molecular weight is 411 g/mol. The number of halogens is 2. The molecule has 1 N–H and O–H groups in total. The van der Waals surface area contributed by atoms with Gasteiger partial charge in [-0.05, 0) is 50.1 Å². The van der Waals surface area contributed by atoms with Crippen molar-refractivity contribution in [2.24, 2.45) is 5.92 Å². The van der Waals surface area contributed by atoms with Gasteiger partial charge in [-0.2, -0.15) is 4.31 Å². The van der Waals surface area contributed by atoms with Gasteiger partial charge >= 0.3 is 0 Å². The van der Waals surface area contributed by atoms with E-state index in [0.29, 0.717) is 17.9 Å². The van der Waals surface area contributed by atoms with Crippen LogP contribution in [0.2, 0.25) is 5.02 Å². The first-order valence-corrected chi connectivity index (χ1v) is 10.4. The number of amides is 1. The Morgan fingerprint density at radius 2 is 1.78 bits per heavy atom. The van der Waals surface area contributed by atoms with Crippen LogP contribution in [-0.2, 0) is 14.8 Å². The molecule has 0 unspecified atom stereocenters. The van der Waals surface area contributed by atoms with Gasteiger partial charge in [0, 0.05) is 24.0 Å². The number of anilines is 1. The minimum atomic E-state index is -3.57. The molecule has 0 aliphatic carbocycles. The quantitative estimate of drug-likeness (QED) is 0.833. The molecule has 0 atom stereocenters. The Bertz CT molecular complexity index is 940. The maximum Gasteiger partial charge on any atom is 0.243 e. The molecule has 0 bridgehead atoms. The Kier molecular flexibility index (Phi) is 5.83. The number of rotatable bonds is 4. The molecule has 8 heteroatoms. The van der Waals surface area contributed by atoms with E-state index in [1.54, 1.807) is 24.3 Å². The highest BCUT2D eigenvalue weighted by Crippen LogP contribution is 2.26. The van der Waals surface area contributed by atoms with Crippen LogP contribution in [0.4, 0.5) is 10.1 Å². The van der Waals surface area contributed by atoms with Crippen LogP contribution in [0.1, 0.15) is 18.4 Å². The van der Waals surface area contributed by atoms with Crippen molar-refractivity contribution in [1.82, 2.24) is 4.31 Å². The Hall–Kier alpha value is -1.96. The number of nitrogens with one attached hydrogen (secondary N) is 1. The van der Waals surface area contributed by atoms with Crippen LogP contribution in [0.15, 0.2) is 47.4 Å². The molecule has 2 aromatic rings. The molecule has 1 heterocycles. The van der Waals surface area contributed by atoms with Crippen molar-refractivity contribution in [2.45, 2.75) is 24.7 Å². The van der Waals surface area contributed by atoms with Crippen LogP contribution < -0.4 is 5.32 Å². The van der Waals surface area contributed by atoms with Crippen molar-refractivity contribution in [3.63, 3.8) is 0 Å². The van der Waals surface area contributed by atoms with E-state index in [9.17, 15) is 17.6 Å². The fourth-order valence-corrected chi connectivity index (χ4v) is 4.69. The molecule has 0 radical (unpaired) electrons. The van der Waals surface area contributed by atoms with E-state index >= 15 is 0 Å². The second kappa shape index (κ2) is 7.96. The van der Waals surface area contributed by atoms with Crippen LogP contribution >= 0.6 is 11.6 Å². The molecule has 5 nitrogen and oxygen atoms in total. The van der Waals surface area contributed by atoms with E-state index in [2.05, 4.69) is 5.32 Å². The second-order valence-electron chi connectivity index (χ2n) is 6.60. The highest BCUT2D eigenvalue weighted by molar-refractivity contribution is 7.89. The Morgan fingerprint density at radius 1 is 1.15 bits per heavy atom. The molecular formula is C19H20ClFN2O3S. The second-order valence-corrected chi connectivity index (χ2v) is 8.98. The standard InChI is InChI=1S/C19H20ClFN2O3S/c1-13-2-5-16(6-3-13)27(25,26)23-10-8-14(9-11-23)19(24)22-18-12-15(20)4-7-17(18)21/h2-7,12,14H,8-11H2,1H3,(H,22,24). The summed E-state index contributed by atoms with van der Waals surface area (Å²) in [5, 5.41) is 2.87. The lowest BCUT2D eigenvalue weighted by Crippen LogP contribution is -2.41. The summed E-state index contributed by atoms with van der Waals surface area (Å²) >= 11 is 5.83. The highest BCUT2D eigenvalue weighted by Gasteiger charge is 2.32. The lowest BCUT2D eigenvalue weighted by Gasteiger charge is -2.30. The third kappa shape index (κ3) is 4.48. The van der Waals surface area contributed by atoms with Crippen LogP contribution in [0, 0.1) is 18.7 Å². The molecule has 2 aromatic carbocycles. The molecule has 144 valence electrons. The summed E-state index contributed by atoms with van der Waals surface area (Å²) < 4.78 is 40.6. The zero-order chi connectivity index (χ0) is 19.6. The highest BCUT2D eigenvalue weighted by atomic mass is 35.5. The summed E-state index contributed by atoms with van der Waals surface area (Å²) in [6.07, 6.45) is 0.748. The Labute approximate surface area is 163 Å². The molecular weight excluding hydrogens is 391 g/mol. The first kappa shape index (κ1) is 19.8. The van der Waals surface area contributed by atoms with Crippen LogP contribution in [0.3, 0.4) is 0 Å². The summed E-state index contributed by atoms with van der Waals surface area (Å²) in [7, 11) is -3.57. The summed E-state index contributed by atoms with van der Waals surface area (Å²) in [6, 6.07) is 10.6. The smallest absolute Gasteiger partial charge is 0.243 e. The van der Waals surface area contributed by atoms with Crippen LogP contribution in [-0.4, -0.2) is 31.7 Å². The Balaban J connectivity index is 1.63. The van der Waals surface area contributed by atoms with Crippen LogP contribution in [0.25, 0.3) is 0 Å². The van der Waals surface area contributed by atoms with E-state index in [-0.39, 0.29) is 35.5 Å². The van der Waals surface area contributed by atoms with E-state index in [0.717, 1.165) is 5.56 Å². The number of aryl methyl sites for hydroxylation is 1. The average Bonchev–Trinajstić information content (AvgIpc) is 2.65. The van der Waals surface area contributed by atoms with E-state index in [1.807, 2.05) is 6.92 Å². The van der Waals surface area contributed by atoms with Gasteiger partial charge in [0.05, 0.1) is 10.6 Å². The number of nitrogens with zero attached hydrogens (tertiary/aromatic N) is 1. The topological polar surface area (TPSA) is 66.5 Å². The minimum absolute atomic E-state index is 0.0298. The fraction of sp³-hybridized carbons (Fsp3) is 0.316. The van der Waals surface area contributed by atoms with Gasteiger partial charge in [-0.15, -0.1) is 0 Å². The van der Waals surface area contributed by atoms with Crippen molar-refractivity contribution in [3.8, 4) is 0 Å². The minimum Gasteiger partial charge on any atom is -0.323 e. The molecule has 1 aliphatic heterocycles. The van der Waals surface area contributed by atoms with Gasteiger partial charge < -0.3 is 5.32 Å². The molecule has 1 amide bonds. The molecule has 0 spiro atoms. The molecule has 0 aromatic heterocycles. The zero-order valence-electron chi connectivity index (χ0n) is 14.8. The normalized spacial score (nSPS) is 16.3. The van der Waals surface area contributed by atoms with Crippen LogP contribution in [0.5, 0.6) is 0 Å². The number of sulfonamides is 1. The van der Waals surface area contributed by atoms with Gasteiger partial charge in [0.1, 0.15) is 5.82 Å². The molecule has 1 saturated heterocycles. The van der Waals surface area contributed by atoms with Gasteiger partial charge in [-0.25, -0.2) is 12.8 Å². The summed E-state index contributed by atoms with van der Waals surface area (Å²) in [5.74, 6) is -1.27. The molecule has 0 saturated carbocycles. The maximum absolute atomic E-state index is 13.8. The van der Waals surface area contributed by atoms with E-state index in [1.165, 1.54) is 22.5 Å². The third-order valence-electron chi connectivity index (χ3n) is 4.67. The van der Waals surface area contributed by atoms with Gasteiger partial charge in [-0.3, -0.25) is 4.79 Å². The fourth-order valence-electron chi connectivity index (χ4n) is 3.05. The van der Waals surface area contributed by atoms with Gasteiger partial charge in [0.2, 0.25) is 15.9 Å². The molecule has 3 rings (SSSR count). The zero-order valence-corrected chi connectivity index (χ0v) is 16.4. The number of hydrogen-bond donors (Lipinski definition) is 1. The molecule has 1 aliphatic rings.